The van der Waals surface area contributed by atoms with Crippen LogP contribution in [0.25, 0.3) is 11.4 Å². The molecule has 0 atom stereocenters. The summed E-state index contributed by atoms with van der Waals surface area (Å²) in [6.07, 6.45) is 0. The van der Waals surface area contributed by atoms with Gasteiger partial charge < -0.3 is 9.84 Å². The van der Waals surface area contributed by atoms with E-state index in [1.807, 2.05) is 0 Å². The lowest BCUT2D eigenvalue weighted by Crippen LogP contribution is -1.97. The van der Waals surface area contributed by atoms with Gasteiger partial charge in [0.1, 0.15) is 5.75 Å². The van der Waals surface area contributed by atoms with E-state index in [1.54, 1.807) is 0 Å². The van der Waals surface area contributed by atoms with Crippen LogP contribution in [-0.4, -0.2) is 27.7 Å². The van der Waals surface area contributed by atoms with Gasteiger partial charge in [0.25, 0.3) is 0 Å². The summed E-state index contributed by atoms with van der Waals surface area (Å²) in [4.78, 5) is 0. The van der Waals surface area contributed by atoms with Crippen molar-refractivity contribution in [2.75, 3.05) is 7.11 Å². The number of nitrogens with one attached hydrogen (secondary N) is 1. The van der Waals surface area contributed by atoms with E-state index in [0.29, 0.717) is 11.4 Å². The number of tetrazole rings is 1. The molecule has 0 spiro atoms. The third kappa shape index (κ3) is 1.71. The number of hydrogen-bond acceptors (Lipinski definition) is 5. The number of aromatic nitrogens is 4. The standard InChI is InChI=1S/C8H7ClN4O2/c1-15-6-3-4(2-5(9)7(6)14)8-10-12-13-11-8/h2-3,14H,1H3,(H,10,11,12,13)/p-1. The first-order valence-corrected chi connectivity index (χ1v) is 4.38. The van der Waals surface area contributed by atoms with Gasteiger partial charge in [0, 0.05) is 10.6 Å². The molecule has 7 heteroatoms. The molecule has 0 aliphatic rings. The zero-order valence-electron chi connectivity index (χ0n) is 7.69. The minimum Gasteiger partial charge on any atom is -0.869 e. The molecular formula is C8H6ClN4O2-. The topological polar surface area (TPSA) is 86.8 Å². The predicted octanol–water partition coefficient (Wildman–Crippen LogP) is 0.602. The van der Waals surface area contributed by atoms with Crippen LogP contribution in [0.3, 0.4) is 0 Å². The first-order chi connectivity index (χ1) is 7.22. The molecule has 0 bridgehead atoms. The minimum atomic E-state index is -0.355. The SMILES string of the molecule is COc1cc(-c2nn[nH]n2)cc(Cl)c1[O-]. The number of H-pyrrole nitrogens is 1. The largest absolute Gasteiger partial charge is 0.869 e. The number of benzene rings is 1. The van der Waals surface area contributed by atoms with Crippen molar-refractivity contribution in [1.29, 1.82) is 0 Å². The molecule has 0 radical (unpaired) electrons. The molecule has 78 valence electrons. The van der Waals surface area contributed by atoms with E-state index in [0.717, 1.165) is 0 Å². The molecule has 0 saturated heterocycles. The highest BCUT2D eigenvalue weighted by Crippen LogP contribution is 2.35. The lowest BCUT2D eigenvalue weighted by atomic mass is 10.2. The number of aromatic amines is 1. The molecule has 2 aromatic rings. The Labute approximate surface area is 89.8 Å². The second-order valence-corrected chi connectivity index (χ2v) is 3.13. The quantitative estimate of drug-likeness (QED) is 0.809. The van der Waals surface area contributed by atoms with Crippen LogP contribution in [0.5, 0.6) is 11.5 Å². The molecule has 1 aromatic carbocycles. The average molecular weight is 226 g/mol. The highest BCUT2D eigenvalue weighted by Gasteiger charge is 2.07. The normalized spacial score (nSPS) is 10.3. The van der Waals surface area contributed by atoms with Crippen LogP contribution in [0.15, 0.2) is 12.1 Å². The van der Waals surface area contributed by atoms with Gasteiger partial charge in [0.2, 0.25) is 5.82 Å². The van der Waals surface area contributed by atoms with E-state index in [1.165, 1.54) is 19.2 Å². The molecule has 0 amide bonds. The fourth-order valence-corrected chi connectivity index (χ4v) is 1.34. The lowest BCUT2D eigenvalue weighted by Gasteiger charge is -2.14. The molecule has 6 nitrogen and oxygen atoms in total. The fraction of sp³-hybridized carbons (Fsp3) is 0.125. The van der Waals surface area contributed by atoms with Crippen LogP contribution in [-0.2, 0) is 0 Å². The van der Waals surface area contributed by atoms with Gasteiger partial charge in [-0.05, 0) is 23.1 Å². The molecule has 0 aliphatic carbocycles. The van der Waals surface area contributed by atoms with Crippen molar-refractivity contribution in [3.63, 3.8) is 0 Å². The van der Waals surface area contributed by atoms with E-state index in [2.05, 4.69) is 20.6 Å². The van der Waals surface area contributed by atoms with Crippen LogP contribution >= 0.6 is 11.6 Å². The Morgan fingerprint density at radius 3 is 2.87 bits per heavy atom. The van der Waals surface area contributed by atoms with Crippen molar-refractivity contribution in [3.05, 3.63) is 17.2 Å². The van der Waals surface area contributed by atoms with Crippen LogP contribution < -0.4 is 9.84 Å². The summed E-state index contributed by atoms with van der Waals surface area (Å²) in [5, 5.41) is 24.7. The van der Waals surface area contributed by atoms with Crippen molar-refractivity contribution < 1.29 is 9.84 Å². The zero-order chi connectivity index (χ0) is 10.8. The van der Waals surface area contributed by atoms with Gasteiger partial charge >= 0.3 is 0 Å². The number of nitrogens with zero attached hydrogens (tertiary/aromatic N) is 3. The van der Waals surface area contributed by atoms with E-state index in [4.69, 9.17) is 16.3 Å². The molecule has 0 saturated carbocycles. The molecular weight excluding hydrogens is 220 g/mol. The average Bonchev–Trinajstić information content (AvgIpc) is 2.75. The van der Waals surface area contributed by atoms with E-state index >= 15 is 0 Å². The first-order valence-electron chi connectivity index (χ1n) is 4.00. The van der Waals surface area contributed by atoms with Crippen LogP contribution in [0.1, 0.15) is 0 Å². The summed E-state index contributed by atoms with van der Waals surface area (Å²) in [6, 6.07) is 2.98. The van der Waals surface area contributed by atoms with Crippen molar-refractivity contribution >= 4 is 11.6 Å². The van der Waals surface area contributed by atoms with Crippen LogP contribution in [0, 0.1) is 0 Å². The summed E-state index contributed by atoms with van der Waals surface area (Å²) in [5.41, 5.74) is 0.574. The lowest BCUT2D eigenvalue weighted by molar-refractivity contribution is -0.269. The number of methoxy groups -OCH3 is 1. The first kappa shape index (κ1) is 9.72. The van der Waals surface area contributed by atoms with Gasteiger partial charge in [-0.1, -0.05) is 11.6 Å². The van der Waals surface area contributed by atoms with Gasteiger partial charge in [-0.25, -0.2) is 0 Å². The van der Waals surface area contributed by atoms with Gasteiger partial charge in [-0.15, -0.1) is 10.2 Å². The molecule has 0 aliphatic heterocycles. The van der Waals surface area contributed by atoms with E-state index in [-0.39, 0.29) is 16.5 Å². The van der Waals surface area contributed by atoms with Crippen LogP contribution in [0.2, 0.25) is 5.02 Å². The smallest absolute Gasteiger partial charge is 0.204 e. The Bertz CT molecular complexity index is 472. The minimum absolute atomic E-state index is 0.0640. The highest BCUT2D eigenvalue weighted by atomic mass is 35.5. The molecule has 0 fully saturated rings. The van der Waals surface area contributed by atoms with Gasteiger partial charge in [0.05, 0.1) is 7.11 Å². The van der Waals surface area contributed by atoms with Gasteiger partial charge in [0.15, 0.2) is 0 Å². The van der Waals surface area contributed by atoms with Crippen molar-refractivity contribution in [2.45, 2.75) is 0 Å². The highest BCUT2D eigenvalue weighted by molar-refractivity contribution is 6.32. The maximum absolute atomic E-state index is 11.4. The van der Waals surface area contributed by atoms with Gasteiger partial charge in [-0.3, -0.25) is 0 Å². The Balaban J connectivity index is 2.55. The van der Waals surface area contributed by atoms with Crippen molar-refractivity contribution in [3.8, 4) is 22.9 Å². The second kappa shape index (κ2) is 3.74. The van der Waals surface area contributed by atoms with Crippen molar-refractivity contribution in [2.24, 2.45) is 0 Å². The van der Waals surface area contributed by atoms with Crippen LogP contribution in [0.4, 0.5) is 0 Å². The Morgan fingerprint density at radius 1 is 1.47 bits per heavy atom. The Kier molecular flexibility index (Phi) is 2.42. The predicted molar refractivity (Wildman–Crippen MR) is 50.6 cm³/mol. The Hall–Kier alpha value is -1.82. The molecule has 1 aromatic heterocycles. The van der Waals surface area contributed by atoms with Gasteiger partial charge in [-0.2, -0.15) is 5.21 Å². The summed E-state index contributed by atoms with van der Waals surface area (Å²) in [7, 11) is 1.40. The molecule has 2 rings (SSSR count). The maximum atomic E-state index is 11.4. The van der Waals surface area contributed by atoms with E-state index in [9.17, 15) is 5.11 Å². The maximum Gasteiger partial charge on any atom is 0.204 e. The number of halogens is 1. The third-order valence-electron chi connectivity index (χ3n) is 1.83. The molecule has 1 heterocycles. The monoisotopic (exact) mass is 225 g/mol. The van der Waals surface area contributed by atoms with Crippen molar-refractivity contribution in [1.82, 2.24) is 20.6 Å². The Morgan fingerprint density at radius 2 is 2.27 bits per heavy atom. The molecule has 1 N–H and O–H groups in total. The number of rotatable bonds is 2. The summed E-state index contributed by atoms with van der Waals surface area (Å²) in [5.74, 6) is 0.156. The zero-order valence-corrected chi connectivity index (χ0v) is 8.45. The second-order valence-electron chi connectivity index (χ2n) is 2.72. The fourth-order valence-electron chi connectivity index (χ4n) is 1.13. The molecule has 0 unspecified atom stereocenters. The summed E-state index contributed by atoms with van der Waals surface area (Å²) < 4.78 is 4.88. The molecule has 15 heavy (non-hydrogen) atoms. The summed E-state index contributed by atoms with van der Waals surface area (Å²) >= 11 is 5.74. The van der Waals surface area contributed by atoms with E-state index < -0.39 is 0 Å². The third-order valence-corrected chi connectivity index (χ3v) is 2.11. The number of hydrogen-bond donors (Lipinski definition) is 1. The summed E-state index contributed by atoms with van der Waals surface area (Å²) in [6.45, 7) is 0. The number of ether oxygens (including phenoxy) is 1.